The van der Waals surface area contributed by atoms with Gasteiger partial charge < -0.3 is 10.3 Å². The van der Waals surface area contributed by atoms with Gasteiger partial charge in [0.05, 0.1) is 21.7 Å². The summed E-state index contributed by atoms with van der Waals surface area (Å²) in [5.74, 6) is 0. The van der Waals surface area contributed by atoms with Crippen molar-refractivity contribution in [1.29, 1.82) is 0 Å². The molecule has 0 spiro atoms. The van der Waals surface area contributed by atoms with E-state index in [0.29, 0.717) is 0 Å². The second kappa shape index (κ2) is 13.2. The molecule has 0 bridgehead atoms. The monoisotopic (exact) mass is 732 g/mol. The summed E-state index contributed by atoms with van der Waals surface area (Å²) in [7, 11) is -2.85. The summed E-state index contributed by atoms with van der Waals surface area (Å²) < 4.78 is 0. The molecule has 0 atom stereocenters. The fraction of sp³-hybridized carbons (Fsp3) is 0.160. The number of hydrogen-bond acceptors (Lipinski definition) is 1. The zero-order valence-electron chi connectivity index (χ0n) is 32.3. The zero-order valence-corrected chi connectivity index (χ0v) is 34.3. The molecule has 0 aliphatic heterocycles. The van der Waals surface area contributed by atoms with Crippen LogP contribution in [0, 0.1) is 0 Å². The number of aryl methyl sites for hydroxylation is 2. The third kappa shape index (κ3) is 6.33. The molecule has 2 N–H and O–H groups in total. The van der Waals surface area contributed by atoms with Gasteiger partial charge in [0.25, 0.3) is 0 Å². The van der Waals surface area contributed by atoms with Crippen LogP contribution < -0.4 is 15.7 Å². The Morgan fingerprint density at radius 1 is 0.463 bits per heavy atom. The van der Waals surface area contributed by atoms with Crippen molar-refractivity contribution in [1.82, 2.24) is 4.98 Å². The van der Waals surface area contributed by atoms with Gasteiger partial charge in [-0.3, -0.25) is 0 Å². The lowest BCUT2D eigenvalue weighted by Gasteiger charge is -2.24. The van der Waals surface area contributed by atoms with E-state index in [-0.39, 0.29) is 0 Å². The van der Waals surface area contributed by atoms with Crippen LogP contribution in [0.15, 0.2) is 146 Å². The fourth-order valence-electron chi connectivity index (χ4n) is 8.30. The van der Waals surface area contributed by atoms with Gasteiger partial charge in [-0.25, -0.2) is 0 Å². The minimum atomic E-state index is -1.44. The summed E-state index contributed by atoms with van der Waals surface area (Å²) in [6.45, 7) is 14.5. The Balaban J connectivity index is 1.15. The van der Waals surface area contributed by atoms with Gasteiger partial charge in [0.15, 0.2) is 0 Å². The predicted molar refractivity (Wildman–Crippen MR) is 241 cm³/mol. The van der Waals surface area contributed by atoms with Crippen molar-refractivity contribution in [3.63, 3.8) is 0 Å². The number of aromatic amines is 1. The highest BCUT2D eigenvalue weighted by Gasteiger charge is 2.24. The van der Waals surface area contributed by atoms with Gasteiger partial charge in [0.1, 0.15) is 0 Å². The number of nitrogens with one attached hydrogen (secondary N) is 2. The highest BCUT2D eigenvalue weighted by molar-refractivity contribution is 6.89. The molecule has 9 rings (SSSR count). The van der Waals surface area contributed by atoms with Crippen molar-refractivity contribution < 1.29 is 0 Å². The van der Waals surface area contributed by atoms with Crippen LogP contribution in [0.3, 0.4) is 0 Å². The van der Waals surface area contributed by atoms with Crippen LogP contribution in [-0.4, -0.2) is 21.1 Å². The maximum absolute atomic E-state index is 3.87. The molecule has 0 fully saturated rings. The molecule has 8 aromatic rings. The molecular formula is C50H48N2Si2. The van der Waals surface area contributed by atoms with E-state index in [9.17, 15) is 0 Å². The molecule has 7 aromatic carbocycles. The molecule has 0 saturated carbocycles. The summed E-state index contributed by atoms with van der Waals surface area (Å²) in [6.07, 6.45) is 2.01. The molecule has 54 heavy (non-hydrogen) atoms. The highest BCUT2D eigenvalue weighted by atomic mass is 28.3. The Morgan fingerprint density at radius 2 is 1.09 bits per heavy atom. The van der Waals surface area contributed by atoms with E-state index in [4.69, 9.17) is 0 Å². The first kappa shape index (κ1) is 34.3. The first-order chi connectivity index (χ1) is 26.0. The smallest absolute Gasteiger partial charge is 0.0776 e. The van der Waals surface area contributed by atoms with E-state index in [1.54, 1.807) is 0 Å². The van der Waals surface area contributed by atoms with E-state index >= 15 is 0 Å². The highest BCUT2D eigenvalue weighted by Crippen LogP contribution is 2.44. The van der Waals surface area contributed by atoms with Gasteiger partial charge in [-0.05, 0) is 105 Å². The van der Waals surface area contributed by atoms with E-state index in [1.165, 1.54) is 87.8 Å². The van der Waals surface area contributed by atoms with Gasteiger partial charge in [0, 0.05) is 33.2 Å². The fourth-order valence-corrected chi connectivity index (χ4v) is 10.7. The number of H-pyrrole nitrogens is 1. The molecular weight excluding hydrogens is 685 g/mol. The minimum Gasteiger partial charge on any atom is -0.355 e. The zero-order chi connectivity index (χ0) is 37.2. The molecule has 2 nitrogen and oxygen atoms in total. The Hall–Kier alpha value is -5.43. The van der Waals surface area contributed by atoms with E-state index in [0.717, 1.165) is 24.2 Å². The molecule has 0 radical (unpaired) electrons. The third-order valence-electron chi connectivity index (χ3n) is 11.4. The number of rotatable bonds is 7. The quantitative estimate of drug-likeness (QED) is 0.157. The molecule has 1 aliphatic carbocycles. The Kier molecular flexibility index (Phi) is 8.37. The summed E-state index contributed by atoms with van der Waals surface area (Å²) >= 11 is 0. The molecule has 0 amide bonds. The average molecular weight is 733 g/mol. The lowest BCUT2D eigenvalue weighted by molar-refractivity contribution is 0.949. The molecule has 1 aliphatic rings. The average Bonchev–Trinajstić information content (AvgIpc) is 3.56. The van der Waals surface area contributed by atoms with Crippen molar-refractivity contribution in [3.05, 3.63) is 157 Å². The van der Waals surface area contributed by atoms with Crippen molar-refractivity contribution >= 4 is 59.7 Å². The van der Waals surface area contributed by atoms with Crippen molar-refractivity contribution in [2.45, 2.75) is 52.1 Å². The Morgan fingerprint density at radius 3 is 1.78 bits per heavy atom. The lowest BCUT2D eigenvalue weighted by atomic mass is 9.82. The molecule has 0 unspecified atom stereocenters. The largest absolute Gasteiger partial charge is 0.355 e. The van der Waals surface area contributed by atoms with Gasteiger partial charge in [-0.2, -0.15) is 0 Å². The first-order valence-corrected chi connectivity index (χ1v) is 26.4. The van der Waals surface area contributed by atoms with Gasteiger partial charge in [0.2, 0.25) is 0 Å². The lowest BCUT2D eigenvalue weighted by Crippen LogP contribution is -2.37. The number of benzene rings is 7. The van der Waals surface area contributed by atoms with Crippen molar-refractivity contribution in [2.75, 3.05) is 5.32 Å². The van der Waals surface area contributed by atoms with Gasteiger partial charge in [-0.1, -0.05) is 153 Å². The van der Waals surface area contributed by atoms with E-state index in [2.05, 4.69) is 195 Å². The third-order valence-corrected chi connectivity index (χ3v) is 15.5. The van der Waals surface area contributed by atoms with E-state index < -0.39 is 16.1 Å². The SMILES string of the molecule is C[Si](C)(C)c1cccc(-c2cccc(-c3cc4c(cc3Nc3ccccc3)-c3ccc5c([nH]c6ccc(-c7cccc([Si](C)(C)C)c7)cc65)c3CC4)c2)c1. The van der Waals surface area contributed by atoms with Crippen molar-refractivity contribution in [2.24, 2.45) is 0 Å². The van der Waals surface area contributed by atoms with Gasteiger partial charge in [-0.15, -0.1) is 0 Å². The maximum Gasteiger partial charge on any atom is 0.0776 e. The summed E-state index contributed by atoms with van der Waals surface area (Å²) in [5.41, 5.74) is 17.8. The van der Waals surface area contributed by atoms with E-state index in [1.807, 2.05) is 0 Å². The Bertz CT molecular complexity index is 2710. The Labute approximate surface area is 322 Å². The second-order valence-corrected chi connectivity index (χ2v) is 27.3. The second-order valence-electron chi connectivity index (χ2n) is 17.2. The number of fused-ring (bicyclic) bond motifs is 7. The number of aromatic nitrogens is 1. The predicted octanol–water partition coefficient (Wildman–Crippen LogP) is 12.9. The molecule has 266 valence electrons. The van der Waals surface area contributed by atoms with Crippen LogP contribution in [-0.2, 0) is 12.8 Å². The first-order valence-electron chi connectivity index (χ1n) is 19.4. The van der Waals surface area contributed by atoms with Gasteiger partial charge >= 0.3 is 0 Å². The summed E-state index contributed by atoms with van der Waals surface area (Å²) in [4.78, 5) is 3.87. The topological polar surface area (TPSA) is 27.8 Å². The van der Waals surface area contributed by atoms with Crippen LogP contribution in [0.4, 0.5) is 11.4 Å². The van der Waals surface area contributed by atoms with Crippen molar-refractivity contribution in [3.8, 4) is 44.5 Å². The van der Waals surface area contributed by atoms with Crippen LogP contribution in [0.2, 0.25) is 39.3 Å². The number of anilines is 2. The molecule has 4 heteroatoms. The summed E-state index contributed by atoms with van der Waals surface area (Å²) in [6, 6.07) is 54.6. The van der Waals surface area contributed by atoms with Crippen LogP contribution in [0.5, 0.6) is 0 Å². The molecule has 1 aromatic heterocycles. The minimum absolute atomic E-state index is 1.00. The maximum atomic E-state index is 3.87. The number of hydrogen-bond donors (Lipinski definition) is 2. The number of para-hydroxylation sites is 1. The molecule has 0 saturated heterocycles. The van der Waals surface area contributed by atoms with Crippen LogP contribution >= 0.6 is 0 Å². The molecule has 1 heterocycles. The van der Waals surface area contributed by atoms with Crippen LogP contribution in [0.1, 0.15) is 11.1 Å². The summed E-state index contributed by atoms with van der Waals surface area (Å²) in [5, 5.41) is 9.42. The van der Waals surface area contributed by atoms with Crippen LogP contribution in [0.25, 0.3) is 66.3 Å². The standard InChI is InChI=1S/C50H48N2Si2/c1-53(2,3)40-19-11-14-34(28-40)33-13-10-16-37(27-33)46-31-38-21-23-43-42(45(38)32-49(46)51-39-17-8-7-9-18-39)24-25-44-47-30-36(22-26-48(47)52-50(43)44)35-15-12-20-41(29-35)54(4,5)6/h7-20,22,24-32,51-52H,21,23H2,1-6H3. The normalized spacial score (nSPS) is 12.9.